The lowest BCUT2D eigenvalue weighted by Crippen LogP contribution is -2.43. The number of fused-ring (bicyclic) bond motifs is 3. The molecule has 1 N–H and O–H groups in total. The molecule has 3 aliphatic rings. The van der Waals surface area contributed by atoms with Crippen molar-refractivity contribution in [2.45, 2.75) is 57.2 Å². The number of carbonyl (C=O) groups is 1. The van der Waals surface area contributed by atoms with Crippen LogP contribution < -0.4 is 14.5 Å². The molecule has 272 valence electrons. The van der Waals surface area contributed by atoms with Crippen molar-refractivity contribution in [3.05, 3.63) is 59.9 Å². The summed E-state index contributed by atoms with van der Waals surface area (Å²) in [7, 11) is 3.73. The maximum Gasteiger partial charge on any atom is 0.319 e. The standard InChI is InChI=1S/C38H41F3N8O3/c1-4-26-29(40)7-6-23-16-25(50)17-27(31(23)26)33-32(41)34-28(19-42-33)35(44-37(43-34)52-21-38-11-5-12-48(38)20-24(39)18-38)47-13-8-22(9-14-47)36(51)49-15-10-30(45-49)46(2)3/h6-7,10,15-17,19,22,24,50H,4-5,8-9,11-14,18,20-21H2,1-3H3/t24-,38+/m1/s1. The van der Waals surface area contributed by atoms with Crippen molar-refractivity contribution in [3.8, 4) is 23.0 Å². The number of phenolic OH excluding ortho intramolecular Hbond substituents is 1. The first-order valence-corrected chi connectivity index (χ1v) is 17.9. The van der Waals surface area contributed by atoms with Gasteiger partial charge in [-0.1, -0.05) is 13.0 Å². The molecule has 3 saturated heterocycles. The number of hydrogen-bond donors (Lipinski definition) is 1. The van der Waals surface area contributed by atoms with Crippen LogP contribution in [0.1, 0.15) is 49.4 Å². The third-order valence-corrected chi connectivity index (χ3v) is 11.0. The summed E-state index contributed by atoms with van der Waals surface area (Å²) in [5.74, 6) is -0.575. The molecule has 8 rings (SSSR count). The summed E-state index contributed by atoms with van der Waals surface area (Å²) >= 11 is 0. The first-order valence-electron chi connectivity index (χ1n) is 17.9. The monoisotopic (exact) mass is 714 g/mol. The van der Waals surface area contributed by atoms with Crippen LogP contribution in [-0.4, -0.2) is 99.2 Å². The maximum absolute atomic E-state index is 17.0. The van der Waals surface area contributed by atoms with Crippen molar-refractivity contribution in [1.82, 2.24) is 29.6 Å². The molecule has 5 aromatic rings. The number of ether oxygens (including phenoxy) is 1. The summed E-state index contributed by atoms with van der Waals surface area (Å²) in [6.45, 7) is 4.02. The van der Waals surface area contributed by atoms with Crippen molar-refractivity contribution < 1.29 is 27.8 Å². The van der Waals surface area contributed by atoms with Crippen LogP contribution in [0.15, 0.2) is 42.7 Å². The minimum atomic E-state index is -0.946. The second-order valence-corrected chi connectivity index (χ2v) is 14.5. The van der Waals surface area contributed by atoms with E-state index >= 15 is 8.78 Å². The number of aromatic hydroxyl groups is 1. The van der Waals surface area contributed by atoms with Crippen LogP contribution in [0.3, 0.4) is 0 Å². The molecule has 3 aromatic heterocycles. The molecule has 3 fully saturated rings. The first-order chi connectivity index (χ1) is 25.0. The van der Waals surface area contributed by atoms with Gasteiger partial charge < -0.3 is 19.6 Å². The number of benzene rings is 2. The predicted molar refractivity (Wildman–Crippen MR) is 192 cm³/mol. The van der Waals surface area contributed by atoms with E-state index in [1.54, 1.807) is 18.3 Å². The van der Waals surface area contributed by atoms with Gasteiger partial charge in [0.2, 0.25) is 5.91 Å². The number of pyridine rings is 1. The van der Waals surface area contributed by atoms with E-state index < -0.39 is 23.3 Å². The molecule has 0 aliphatic carbocycles. The second-order valence-electron chi connectivity index (χ2n) is 14.5. The maximum atomic E-state index is 17.0. The number of hydrogen-bond acceptors (Lipinski definition) is 10. The number of phenols is 1. The zero-order chi connectivity index (χ0) is 36.3. The normalized spacial score (nSPS) is 21.0. The van der Waals surface area contributed by atoms with Gasteiger partial charge in [0.15, 0.2) is 11.6 Å². The summed E-state index contributed by atoms with van der Waals surface area (Å²) < 4.78 is 54.2. The topological polar surface area (TPSA) is 113 Å². The Morgan fingerprint density at radius 3 is 2.67 bits per heavy atom. The van der Waals surface area contributed by atoms with Crippen LogP contribution in [0.2, 0.25) is 0 Å². The van der Waals surface area contributed by atoms with Crippen molar-refractivity contribution in [2.24, 2.45) is 5.92 Å². The Labute approximate surface area is 299 Å². The zero-order valence-corrected chi connectivity index (χ0v) is 29.4. The summed E-state index contributed by atoms with van der Waals surface area (Å²) in [5.41, 5.74) is 0.0106. The number of anilines is 2. The van der Waals surface area contributed by atoms with E-state index in [1.165, 1.54) is 29.1 Å². The average Bonchev–Trinajstić information content (AvgIpc) is 3.86. The van der Waals surface area contributed by atoms with Crippen LogP contribution in [0.5, 0.6) is 11.8 Å². The lowest BCUT2D eigenvalue weighted by atomic mass is 9.94. The van der Waals surface area contributed by atoms with Crippen LogP contribution in [-0.2, 0) is 6.42 Å². The minimum Gasteiger partial charge on any atom is -0.508 e. The molecule has 0 radical (unpaired) electrons. The van der Waals surface area contributed by atoms with E-state index in [4.69, 9.17) is 9.72 Å². The Morgan fingerprint density at radius 1 is 1.12 bits per heavy atom. The molecule has 2 atom stereocenters. The van der Waals surface area contributed by atoms with Crippen molar-refractivity contribution in [2.75, 3.05) is 56.7 Å². The molecule has 0 saturated carbocycles. The van der Waals surface area contributed by atoms with Gasteiger partial charge in [-0.25, -0.2) is 17.9 Å². The molecule has 52 heavy (non-hydrogen) atoms. The van der Waals surface area contributed by atoms with Crippen LogP contribution in [0.25, 0.3) is 32.9 Å². The van der Waals surface area contributed by atoms with Gasteiger partial charge in [-0.15, -0.1) is 5.10 Å². The summed E-state index contributed by atoms with van der Waals surface area (Å²) in [6.07, 6.45) is 5.67. The fourth-order valence-electron chi connectivity index (χ4n) is 8.40. The van der Waals surface area contributed by atoms with E-state index in [9.17, 15) is 14.3 Å². The van der Waals surface area contributed by atoms with Crippen LogP contribution >= 0.6 is 0 Å². The number of rotatable bonds is 8. The van der Waals surface area contributed by atoms with Gasteiger partial charge in [-0.2, -0.15) is 9.97 Å². The molecule has 0 spiro atoms. The molecule has 3 aliphatic heterocycles. The van der Waals surface area contributed by atoms with E-state index in [0.29, 0.717) is 78.7 Å². The van der Waals surface area contributed by atoms with Gasteiger partial charge in [0.1, 0.15) is 41.4 Å². The third-order valence-electron chi connectivity index (χ3n) is 11.0. The molecular formula is C38H41F3N8O3. The van der Waals surface area contributed by atoms with Crippen LogP contribution in [0, 0.1) is 17.6 Å². The number of carbonyl (C=O) groups excluding carboxylic acids is 1. The van der Waals surface area contributed by atoms with Gasteiger partial charge in [0, 0.05) is 70.1 Å². The molecule has 0 bridgehead atoms. The third kappa shape index (κ3) is 5.86. The Kier molecular flexibility index (Phi) is 8.67. The van der Waals surface area contributed by atoms with E-state index in [2.05, 4.69) is 20.0 Å². The van der Waals surface area contributed by atoms with Crippen molar-refractivity contribution in [1.29, 1.82) is 0 Å². The molecular weight excluding hydrogens is 673 g/mol. The summed E-state index contributed by atoms with van der Waals surface area (Å²) in [4.78, 5) is 33.2. The van der Waals surface area contributed by atoms with E-state index in [0.717, 1.165) is 19.4 Å². The number of nitrogens with zero attached hydrogens (tertiary/aromatic N) is 8. The zero-order valence-electron chi connectivity index (χ0n) is 29.4. The second kappa shape index (κ2) is 13.2. The van der Waals surface area contributed by atoms with Crippen LogP contribution in [0.4, 0.5) is 24.8 Å². The Bertz CT molecular complexity index is 2190. The van der Waals surface area contributed by atoms with Crippen molar-refractivity contribution >= 4 is 39.2 Å². The van der Waals surface area contributed by atoms with Gasteiger partial charge in [-0.3, -0.25) is 14.7 Å². The highest BCUT2D eigenvalue weighted by atomic mass is 19.1. The molecule has 6 heterocycles. The Hall–Kier alpha value is -4.98. The van der Waals surface area contributed by atoms with Gasteiger partial charge >= 0.3 is 6.01 Å². The lowest BCUT2D eigenvalue weighted by molar-refractivity contribution is 0.0796. The van der Waals surface area contributed by atoms with Crippen molar-refractivity contribution in [3.63, 3.8) is 0 Å². The summed E-state index contributed by atoms with van der Waals surface area (Å²) in [5, 5.41) is 16.4. The molecule has 14 heteroatoms. The Balaban J connectivity index is 1.18. The van der Waals surface area contributed by atoms with E-state index in [-0.39, 0.29) is 47.0 Å². The van der Waals surface area contributed by atoms with E-state index in [1.807, 2.05) is 30.8 Å². The number of aryl methyl sites for hydroxylation is 1. The average molecular weight is 715 g/mol. The van der Waals surface area contributed by atoms with Gasteiger partial charge in [0.05, 0.1) is 10.9 Å². The highest BCUT2D eigenvalue weighted by Crippen LogP contribution is 2.42. The highest BCUT2D eigenvalue weighted by molar-refractivity contribution is 6.01. The lowest BCUT2D eigenvalue weighted by Gasteiger charge is -2.33. The number of halogens is 3. The molecule has 0 amide bonds. The fraction of sp³-hybridized carbons (Fsp3) is 0.447. The first kappa shape index (κ1) is 34.1. The Morgan fingerprint density at radius 2 is 1.92 bits per heavy atom. The largest absolute Gasteiger partial charge is 0.508 e. The number of piperidine rings is 1. The minimum absolute atomic E-state index is 0.0440. The highest BCUT2D eigenvalue weighted by Gasteiger charge is 2.49. The SMILES string of the molecule is CCc1c(F)ccc2cc(O)cc(-c3ncc4c(N5CCC(C(=O)n6ccc(N(C)C)n6)CC5)nc(OC[C@@]56CCCN5C[C@H](F)C6)nc4c3F)c12. The number of alkyl halides is 1. The predicted octanol–water partition coefficient (Wildman–Crippen LogP) is 6.17. The molecule has 2 aromatic carbocycles. The number of aromatic nitrogens is 5. The molecule has 0 unspecified atom stereocenters. The smallest absolute Gasteiger partial charge is 0.319 e. The summed E-state index contributed by atoms with van der Waals surface area (Å²) in [6, 6.07) is 7.54. The van der Waals surface area contributed by atoms with Gasteiger partial charge in [0.25, 0.3) is 0 Å². The van der Waals surface area contributed by atoms with Gasteiger partial charge in [-0.05, 0) is 73.2 Å². The quantitative estimate of drug-likeness (QED) is 0.201. The fourth-order valence-corrected chi connectivity index (χ4v) is 8.40. The molecule has 11 nitrogen and oxygen atoms in total.